The third kappa shape index (κ3) is 4.39. The molecule has 0 atom stereocenters. The van der Waals surface area contributed by atoms with E-state index >= 15 is 0 Å². The van der Waals surface area contributed by atoms with Crippen molar-refractivity contribution in [3.05, 3.63) is 52.5 Å². The Morgan fingerprint density at radius 3 is 2.59 bits per heavy atom. The maximum atomic E-state index is 5.54. The van der Waals surface area contributed by atoms with Gasteiger partial charge in [0.1, 0.15) is 0 Å². The lowest BCUT2D eigenvalue weighted by Crippen LogP contribution is -2.34. The molecule has 0 radical (unpaired) electrons. The van der Waals surface area contributed by atoms with Crippen LogP contribution in [0.3, 0.4) is 0 Å². The van der Waals surface area contributed by atoms with Gasteiger partial charge in [-0.2, -0.15) is 16.3 Å². The summed E-state index contributed by atoms with van der Waals surface area (Å²) in [5, 5.41) is 8.25. The van der Waals surface area contributed by atoms with E-state index in [2.05, 4.69) is 63.7 Å². The van der Waals surface area contributed by atoms with Crippen LogP contribution in [-0.2, 0) is 6.42 Å². The van der Waals surface area contributed by atoms with Crippen LogP contribution >= 0.6 is 11.3 Å². The highest BCUT2D eigenvalue weighted by Crippen LogP contribution is 2.29. The lowest BCUT2D eigenvalue weighted by Gasteiger charge is -2.30. The van der Waals surface area contributed by atoms with E-state index in [1.165, 1.54) is 11.3 Å². The molecule has 0 bridgehead atoms. The van der Waals surface area contributed by atoms with Crippen molar-refractivity contribution >= 4 is 17.0 Å². The maximum Gasteiger partial charge on any atom is 0.230 e. The normalized spacial score (nSPS) is 15.9. The topological polar surface area (TPSA) is 45.4 Å². The SMILES string of the molecule is CN(C)c1ccc(CCN2CCC(c3nc(-c4ccsc4)no3)CC2)cc1. The first-order valence-electron chi connectivity index (χ1n) is 9.54. The number of hydrogen-bond donors (Lipinski definition) is 0. The van der Waals surface area contributed by atoms with Gasteiger partial charge >= 0.3 is 0 Å². The van der Waals surface area contributed by atoms with E-state index in [9.17, 15) is 0 Å². The first-order valence-corrected chi connectivity index (χ1v) is 10.5. The lowest BCUT2D eigenvalue weighted by molar-refractivity contribution is 0.196. The summed E-state index contributed by atoms with van der Waals surface area (Å²) in [6, 6.07) is 10.9. The molecule has 1 aliphatic rings. The molecule has 0 spiro atoms. The summed E-state index contributed by atoms with van der Waals surface area (Å²) in [6.07, 6.45) is 3.27. The van der Waals surface area contributed by atoms with Crippen LogP contribution < -0.4 is 4.90 Å². The number of nitrogens with zero attached hydrogens (tertiary/aromatic N) is 4. The third-order valence-electron chi connectivity index (χ3n) is 5.33. The number of benzene rings is 1. The monoisotopic (exact) mass is 382 g/mol. The third-order valence-corrected chi connectivity index (χ3v) is 6.01. The lowest BCUT2D eigenvalue weighted by atomic mass is 9.96. The summed E-state index contributed by atoms with van der Waals surface area (Å²) < 4.78 is 5.54. The second-order valence-electron chi connectivity index (χ2n) is 7.40. The predicted octanol–water partition coefficient (Wildman–Crippen LogP) is 4.29. The van der Waals surface area contributed by atoms with E-state index in [0.717, 1.165) is 56.2 Å². The van der Waals surface area contributed by atoms with Gasteiger partial charge < -0.3 is 14.3 Å². The van der Waals surface area contributed by atoms with Gasteiger partial charge in [-0.05, 0) is 61.5 Å². The van der Waals surface area contributed by atoms with E-state index in [4.69, 9.17) is 4.52 Å². The molecule has 1 aromatic carbocycles. The number of anilines is 1. The molecule has 2 aromatic heterocycles. The Balaban J connectivity index is 1.26. The number of hydrogen-bond acceptors (Lipinski definition) is 6. The van der Waals surface area contributed by atoms with Crippen LogP contribution in [0.15, 0.2) is 45.6 Å². The molecule has 3 aromatic rings. The fourth-order valence-electron chi connectivity index (χ4n) is 3.56. The average molecular weight is 383 g/mol. The van der Waals surface area contributed by atoms with Gasteiger partial charge in [-0.25, -0.2) is 0 Å². The Bertz CT molecular complexity index is 833. The zero-order valence-corrected chi connectivity index (χ0v) is 16.8. The zero-order chi connectivity index (χ0) is 18.6. The van der Waals surface area contributed by atoms with Crippen molar-refractivity contribution in [2.45, 2.75) is 25.2 Å². The summed E-state index contributed by atoms with van der Waals surface area (Å²) in [5.74, 6) is 1.91. The Labute approximate surface area is 164 Å². The van der Waals surface area contributed by atoms with E-state index in [1.54, 1.807) is 11.3 Å². The standard InChI is InChI=1S/C21H26N4OS/c1-24(2)19-5-3-16(4-6-19)7-11-25-12-8-17(9-13-25)21-22-20(23-26-21)18-10-14-27-15-18/h3-6,10,14-15,17H,7-9,11-13H2,1-2H3. The second kappa shape index (κ2) is 8.23. The quantitative estimate of drug-likeness (QED) is 0.636. The highest BCUT2D eigenvalue weighted by atomic mass is 32.1. The molecule has 142 valence electrons. The summed E-state index contributed by atoms with van der Waals surface area (Å²) in [5.41, 5.74) is 3.70. The van der Waals surface area contributed by atoms with Crippen molar-refractivity contribution in [3.8, 4) is 11.4 Å². The molecule has 1 fully saturated rings. The molecular weight excluding hydrogens is 356 g/mol. The number of thiophene rings is 1. The minimum atomic E-state index is 0.389. The van der Waals surface area contributed by atoms with Crippen molar-refractivity contribution in [3.63, 3.8) is 0 Å². The van der Waals surface area contributed by atoms with Crippen molar-refractivity contribution in [1.29, 1.82) is 0 Å². The highest BCUT2D eigenvalue weighted by Gasteiger charge is 2.25. The molecule has 1 saturated heterocycles. The molecule has 4 rings (SSSR count). The van der Waals surface area contributed by atoms with Gasteiger partial charge in [0, 0.05) is 43.2 Å². The molecule has 0 amide bonds. The number of likely N-dealkylation sites (tertiary alicyclic amines) is 1. The van der Waals surface area contributed by atoms with Gasteiger partial charge in [-0.1, -0.05) is 17.3 Å². The molecule has 0 unspecified atom stereocenters. The molecule has 0 N–H and O–H groups in total. The molecular formula is C21H26N4OS. The summed E-state index contributed by atoms with van der Waals surface area (Å²) in [4.78, 5) is 9.31. The first-order chi connectivity index (χ1) is 13.2. The first kappa shape index (κ1) is 18.2. The van der Waals surface area contributed by atoms with E-state index < -0.39 is 0 Å². The number of aromatic nitrogens is 2. The molecule has 0 aliphatic carbocycles. The summed E-state index contributed by atoms with van der Waals surface area (Å²) in [6.45, 7) is 3.30. The Morgan fingerprint density at radius 1 is 1.15 bits per heavy atom. The fourth-order valence-corrected chi connectivity index (χ4v) is 4.20. The minimum Gasteiger partial charge on any atom is -0.378 e. The smallest absolute Gasteiger partial charge is 0.230 e. The van der Waals surface area contributed by atoms with Crippen LogP contribution in [0.1, 0.15) is 30.2 Å². The van der Waals surface area contributed by atoms with Crippen LogP contribution in [0.5, 0.6) is 0 Å². The van der Waals surface area contributed by atoms with Crippen molar-refractivity contribution in [2.24, 2.45) is 0 Å². The van der Waals surface area contributed by atoms with Crippen molar-refractivity contribution in [1.82, 2.24) is 15.0 Å². The molecule has 27 heavy (non-hydrogen) atoms. The highest BCUT2D eigenvalue weighted by molar-refractivity contribution is 7.08. The zero-order valence-electron chi connectivity index (χ0n) is 16.0. The number of rotatable bonds is 6. The fraction of sp³-hybridized carbons (Fsp3) is 0.429. The summed E-state index contributed by atoms with van der Waals surface area (Å²) >= 11 is 1.65. The van der Waals surface area contributed by atoms with Crippen LogP contribution in [0.4, 0.5) is 5.69 Å². The molecule has 1 aliphatic heterocycles. The Hall–Kier alpha value is -2.18. The van der Waals surface area contributed by atoms with E-state index in [0.29, 0.717) is 5.92 Å². The molecule has 3 heterocycles. The van der Waals surface area contributed by atoms with Crippen molar-refractivity contribution < 1.29 is 4.52 Å². The average Bonchev–Trinajstić information content (AvgIpc) is 3.39. The largest absolute Gasteiger partial charge is 0.378 e. The van der Waals surface area contributed by atoms with Gasteiger partial charge in [0.05, 0.1) is 0 Å². The second-order valence-corrected chi connectivity index (χ2v) is 8.18. The molecule has 5 nitrogen and oxygen atoms in total. The van der Waals surface area contributed by atoms with Crippen molar-refractivity contribution in [2.75, 3.05) is 38.6 Å². The minimum absolute atomic E-state index is 0.389. The van der Waals surface area contributed by atoms with Crippen LogP contribution in [0.25, 0.3) is 11.4 Å². The molecule has 0 saturated carbocycles. The van der Waals surface area contributed by atoms with Gasteiger partial charge in [0.2, 0.25) is 11.7 Å². The van der Waals surface area contributed by atoms with E-state index in [1.807, 2.05) is 11.4 Å². The van der Waals surface area contributed by atoms with Gasteiger partial charge in [-0.3, -0.25) is 0 Å². The van der Waals surface area contributed by atoms with Gasteiger partial charge in [0.15, 0.2) is 0 Å². The Kier molecular flexibility index (Phi) is 5.55. The van der Waals surface area contributed by atoms with Crippen LogP contribution in [-0.4, -0.2) is 48.8 Å². The number of piperidine rings is 1. The van der Waals surface area contributed by atoms with Gasteiger partial charge in [0.25, 0.3) is 0 Å². The van der Waals surface area contributed by atoms with E-state index in [-0.39, 0.29) is 0 Å². The molecule has 6 heteroatoms. The van der Waals surface area contributed by atoms with Crippen LogP contribution in [0, 0.1) is 0 Å². The Morgan fingerprint density at radius 2 is 1.93 bits per heavy atom. The van der Waals surface area contributed by atoms with Crippen LogP contribution in [0.2, 0.25) is 0 Å². The predicted molar refractivity (Wildman–Crippen MR) is 110 cm³/mol. The van der Waals surface area contributed by atoms with Gasteiger partial charge in [-0.15, -0.1) is 0 Å². The maximum absolute atomic E-state index is 5.54. The summed E-state index contributed by atoms with van der Waals surface area (Å²) in [7, 11) is 4.15.